The third-order valence-corrected chi connectivity index (χ3v) is 0.924. The highest BCUT2D eigenvalue weighted by molar-refractivity contribution is 4.68. The molecule has 0 saturated heterocycles. The van der Waals surface area contributed by atoms with Crippen LogP contribution in [0.2, 0.25) is 0 Å². The number of alkyl halides is 7. The standard InChI is InChI=1S/C5H5F7O/c6-2(7)1-13-4(9)3(8)5(10,11)12/h2-4H,1H2. The molecular weight excluding hydrogens is 209 g/mol. The van der Waals surface area contributed by atoms with Crippen LogP contribution in [0, 0.1) is 0 Å². The molecule has 0 aliphatic heterocycles. The molecule has 0 spiro atoms. The number of halogens is 7. The van der Waals surface area contributed by atoms with Gasteiger partial charge in [0.05, 0.1) is 0 Å². The van der Waals surface area contributed by atoms with Gasteiger partial charge >= 0.3 is 6.18 Å². The van der Waals surface area contributed by atoms with Gasteiger partial charge in [-0.3, -0.25) is 0 Å². The van der Waals surface area contributed by atoms with Gasteiger partial charge in [-0.1, -0.05) is 0 Å². The van der Waals surface area contributed by atoms with Gasteiger partial charge in [-0.2, -0.15) is 13.2 Å². The predicted octanol–water partition coefficient (Wildman–Crippen LogP) is 2.46. The molecule has 0 saturated carbocycles. The quantitative estimate of drug-likeness (QED) is 0.653. The van der Waals surface area contributed by atoms with Crippen LogP contribution in [0.1, 0.15) is 0 Å². The van der Waals surface area contributed by atoms with Crippen molar-refractivity contribution < 1.29 is 35.5 Å². The minimum Gasteiger partial charge on any atom is -0.340 e. The molecule has 1 nitrogen and oxygen atoms in total. The van der Waals surface area contributed by atoms with Gasteiger partial charge < -0.3 is 4.74 Å². The van der Waals surface area contributed by atoms with Crippen LogP contribution in [0.4, 0.5) is 30.7 Å². The van der Waals surface area contributed by atoms with Crippen LogP contribution in [0.15, 0.2) is 0 Å². The molecule has 0 aromatic carbocycles. The van der Waals surface area contributed by atoms with Crippen molar-refractivity contribution >= 4 is 0 Å². The van der Waals surface area contributed by atoms with Crippen LogP contribution in [-0.2, 0) is 4.74 Å². The molecule has 8 heteroatoms. The Balaban J connectivity index is 3.90. The molecule has 2 unspecified atom stereocenters. The smallest absolute Gasteiger partial charge is 0.340 e. The first-order valence-electron chi connectivity index (χ1n) is 2.99. The normalized spacial score (nSPS) is 17.5. The van der Waals surface area contributed by atoms with Crippen molar-refractivity contribution in [2.45, 2.75) is 25.1 Å². The van der Waals surface area contributed by atoms with Crippen LogP contribution in [0.25, 0.3) is 0 Å². The minimum atomic E-state index is -5.44. The van der Waals surface area contributed by atoms with Crippen molar-refractivity contribution in [1.29, 1.82) is 0 Å². The van der Waals surface area contributed by atoms with Crippen molar-refractivity contribution in [1.82, 2.24) is 0 Å². The Labute approximate surface area is 68.5 Å². The van der Waals surface area contributed by atoms with Gasteiger partial charge in [0, 0.05) is 0 Å². The maximum Gasteiger partial charge on any atom is 0.425 e. The summed E-state index contributed by atoms with van der Waals surface area (Å²) in [6, 6.07) is 0. The molecule has 2 atom stereocenters. The summed E-state index contributed by atoms with van der Waals surface area (Å²) < 4.78 is 83.7. The van der Waals surface area contributed by atoms with Crippen LogP contribution in [0.5, 0.6) is 0 Å². The Kier molecular flexibility index (Phi) is 4.45. The predicted molar refractivity (Wildman–Crippen MR) is 27.8 cm³/mol. The molecule has 0 heterocycles. The lowest BCUT2D eigenvalue weighted by molar-refractivity contribution is -0.240. The molecule has 0 N–H and O–H groups in total. The average molecular weight is 214 g/mol. The van der Waals surface area contributed by atoms with E-state index in [1.54, 1.807) is 0 Å². The van der Waals surface area contributed by atoms with Crippen LogP contribution in [-0.4, -0.2) is 31.7 Å². The van der Waals surface area contributed by atoms with E-state index in [1.807, 2.05) is 0 Å². The molecule has 0 aromatic rings. The molecule has 0 bridgehead atoms. The van der Waals surface area contributed by atoms with Gasteiger partial charge in [-0.25, -0.2) is 17.6 Å². The molecule has 0 amide bonds. The summed E-state index contributed by atoms with van der Waals surface area (Å²) in [6.07, 6.45) is -15.9. The summed E-state index contributed by atoms with van der Waals surface area (Å²) >= 11 is 0. The van der Waals surface area contributed by atoms with Gasteiger partial charge in [0.25, 0.3) is 12.6 Å². The number of rotatable bonds is 4. The highest BCUT2D eigenvalue weighted by Gasteiger charge is 2.46. The molecule has 0 fully saturated rings. The van der Waals surface area contributed by atoms with E-state index in [0.29, 0.717) is 0 Å². The Bertz CT molecular complexity index is 144. The van der Waals surface area contributed by atoms with Crippen molar-refractivity contribution in [3.8, 4) is 0 Å². The third-order valence-electron chi connectivity index (χ3n) is 0.924. The zero-order chi connectivity index (χ0) is 10.6. The molecule has 80 valence electrons. The average Bonchev–Trinajstić information content (AvgIpc) is 1.96. The first kappa shape index (κ1) is 12.5. The molecule has 0 aromatic heterocycles. The second-order valence-corrected chi connectivity index (χ2v) is 2.02. The summed E-state index contributed by atoms with van der Waals surface area (Å²) in [6.45, 7) is -1.57. The largest absolute Gasteiger partial charge is 0.425 e. The maximum absolute atomic E-state index is 12.0. The van der Waals surface area contributed by atoms with Crippen molar-refractivity contribution in [3.05, 3.63) is 0 Å². The van der Waals surface area contributed by atoms with Crippen LogP contribution < -0.4 is 0 Å². The Morgan fingerprint density at radius 3 is 1.77 bits per heavy atom. The molecule has 0 radical (unpaired) electrons. The van der Waals surface area contributed by atoms with E-state index in [2.05, 4.69) is 4.74 Å². The Hall–Kier alpha value is -0.530. The molecule has 0 rings (SSSR count). The Morgan fingerprint density at radius 1 is 1.00 bits per heavy atom. The van der Waals surface area contributed by atoms with Gasteiger partial charge in [0.15, 0.2) is 0 Å². The third kappa shape index (κ3) is 4.91. The van der Waals surface area contributed by atoms with Crippen LogP contribution >= 0.6 is 0 Å². The van der Waals surface area contributed by atoms with E-state index in [9.17, 15) is 30.7 Å². The van der Waals surface area contributed by atoms with Gasteiger partial charge in [-0.05, 0) is 0 Å². The van der Waals surface area contributed by atoms with E-state index >= 15 is 0 Å². The second kappa shape index (κ2) is 4.64. The van der Waals surface area contributed by atoms with Gasteiger partial charge in [0.2, 0.25) is 6.36 Å². The molecular formula is C5H5F7O. The highest BCUT2D eigenvalue weighted by Crippen LogP contribution is 2.27. The minimum absolute atomic E-state index is 1.57. The SMILES string of the molecule is FC(F)COC(F)C(F)C(F)(F)F. The fraction of sp³-hybridized carbons (Fsp3) is 1.00. The number of hydrogen-bond donors (Lipinski definition) is 0. The Morgan fingerprint density at radius 2 is 1.46 bits per heavy atom. The zero-order valence-corrected chi connectivity index (χ0v) is 5.99. The lowest BCUT2D eigenvalue weighted by atomic mass is 10.4. The fourth-order valence-electron chi connectivity index (χ4n) is 0.398. The molecule has 0 aliphatic carbocycles. The van der Waals surface area contributed by atoms with E-state index in [1.165, 1.54) is 0 Å². The van der Waals surface area contributed by atoms with Crippen LogP contribution in [0.3, 0.4) is 0 Å². The van der Waals surface area contributed by atoms with Gasteiger partial charge in [0.1, 0.15) is 6.61 Å². The van der Waals surface area contributed by atoms with Crippen molar-refractivity contribution in [2.75, 3.05) is 6.61 Å². The second-order valence-electron chi connectivity index (χ2n) is 2.02. The highest BCUT2D eigenvalue weighted by atomic mass is 19.4. The lowest BCUT2D eigenvalue weighted by Crippen LogP contribution is -2.36. The summed E-state index contributed by atoms with van der Waals surface area (Å²) in [4.78, 5) is 0. The van der Waals surface area contributed by atoms with Crippen molar-refractivity contribution in [2.24, 2.45) is 0 Å². The summed E-state index contributed by atoms with van der Waals surface area (Å²) in [7, 11) is 0. The zero-order valence-electron chi connectivity index (χ0n) is 5.99. The summed E-state index contributed by atoms with van der Waals surface area (Å²) in [5.41, 5.74) is 0. The first-order valence-corrected chi connectivity index (χ1v) is 2.99. The fourth-order valence-corrected chi connectivity index (χ4v) is 0.398. The lowest BCUT2D eigenvalue weighted by Gasteiger charge is -2.16. The van der Waals surface area contributed by atoms with E-state index < -0.39 is 31.7 Å². The van der Waals surface area contributed by atoms with Gasteiger partial charge in [-0.15, -0.1) is 0 Å². The van der Waals surface area contributed by atoms with E-state index in [-0.39, 0.29) is 0 Å². The monoisotopic (exact) mass is 214 g/mol. The summed E-state index contributed by atoms with van der Waals surface area (Å²) in [5, 5.41) is 0. The topological polar surface area (TPSA) is 9.23 Å². The van der Waals surface area contributed by atoms with E-state index in [4.69, 9.17) is 0 Å². The number of hydrogen-bond acceptors (Lipinski definition) is 1. The molecule has 13 heavy (non-hydrogen) atoms. The first-order chi connectivity index (χ1) is 5.75. The summed E-state index contributed by atoms with van der Waals surface area (Å²) in [5.74, 6) is 0. The number of ether oxygens (including phenoxy) is 1. The molecule has 0 aliphatic rings. The van der Waals surface area contributed by atoms with Crippen molar-refractivity contribution in [3.63, 3.8) is 0 Å². The van der Waals surface area contributed by atoms with E-state index in [0.717, 1.165) is 0 Å². The maximum atomic E-state index is 12.0.